The van der Waals surface area contributed by atoms with Crippen LogP contribution in [-0.2, 0) is 23.0 Å². The van der Waals surface area contributed by atoms with Gasteiger partial charge in [-0.05, 0) is 32.0 Å². The molecule has 0 radical (unpaired) electrons. The molecule has 28 heavy (non-hydrogen) atoms. The summed E-state index contributed by atoms with van der Waals surface area (Å²) < 4.78 is 27.6. The van der Waals surface area contributed by atoms with Gasteiger partial charge in [0.05, 0.1) is 10.6 Å². The number of rotatable bonds is 4. The highest BCUT2D eigenvalue weighted by Gasteiger charge is 2.33. The van der Waals surface area contributed by atoms with E-state index in [9.17, 15) is 8.42 Å². The van der Waals surface area contributed by atoms with Crippen LogP contribution in [0.15, 0.2) is 35.2 Å². The molecule has 0 unspecified atom stereocenters. The summed E-state index contributed by atoms with van der Waals surface area (Å²) in [5.74, 6) is 1.65. The number of fused-ring (bicyclic) bond motifs is 1. The molecule has 2 aliphatic rings. The summed E-state index contributed by atoms with van der Waals surface area (Å²) in [4.78, 5) is 12.3. The van der Waals surface area contributed by atoms with Crippen LogP contribution in [0.1, 0.15) is 35.8 Å². The second-order valence-electron chi connectivity index (χ2n) is 7.61. The first kappa shape index (κ1) is 19.3. The minimum absolute atomic E-state index is 0.0179. The minimum Gasteiger partial charge on any atom is -0.373 e. The molecular weight excluding hydrogens is 374 g/mol. The first-order chi connectivity index (χ1) is 13.5. The Morgan fingerprint density at radius 2 is 1.93 bits per heavy atom. The van der Waals surface area contributed by atoms with Gasteiger partial charge in [0.15, 0.2) is 0 Å². The smallest absolute Gasteiger partial charge is 0.243 e. The van der Waals surface area contributed by atoms with Gasteiger partial charge < -0.3 is 10.2 Å². The largest absolute Gasteiger partial charge is 0.373 e. The van der Waals surface area contributed by atoms with Crippen LogP contribution in [0.4, 0.5) is 5.82 Å². The van der Waals surface area contributed by atoms with Gasteiger partial charge in [0.1, 0.15) is 11.6 Å². The summed E-state index contributed by atoms with van der Waals surface area (Å²) in [7, 11) is 0.496. The number of anilines is 1. The number of sulfonamides is 1. The summed E-state index contributed by atoms with van der Waals surface area (Å²) in [5, 5.41) is 3.21. The molecule has 1 N–H and O–H groups in total. The van der Waals surface area contributed by atoms with Gasteiger partial charge in [-0.3, -0.25) is 0 Å². The van der Waals surface area contributed by atoms with Crippen molar-refractivity contribution in [1.29, 1.82) is 0 Å². The fourth-order valence-electron chi connectivity index (χ4n) is 4.07. The molecule has 2 aliphatic heterocycles. The second kappa shape index (κ2) is 7.77. The number of piperidine rings is 1. The maximum absolute atomic E-state index is 13.0. The Labute approximate surface area is 166 Å². The van der Waals surface area contributed by atoms with E-state index in [0.717, 1.165) is 55.3 Å². The first-order valence-corrected chi connectivity index (χ1v) is 11.2. The van der Waals surface area contributed by atoms with Gasteiger partial charge in [-0.1, -0.05) is 18.2 Å². The van der Waals surface area contributed by atoms with Crippen molar-refractivity contribution < 1.29 is 8.42 Å². The third-order valence-corrected chi connectivity index (χ3v) is 7.51. The van der Waals surface area contributed by atoms with Crippen molar-refractivity contribution in [2.75, 3.05) is 39.0 Å². The Morgan fingerprint density at radius 3 is 2.68 bits per heavy atom. The molecule has 0 saturated carbocycles. The molecule has 1 saturated heterocycles. The zero-order valence-electron chi connectivity index (χ0n) is 16.4. The highest BCUT2D eigenvalue weighted by molar-refractivity contribution is 7.89. The minimum atomic E-state index is -3.49. The molecule has 1 atom stereocenters. The molecule has 0 bridgehead atoms. The van der Waals surface area contributed by atoms with E-state index >= 15 is 0 Å². The Hall–Kier alpha value is -2.03. The van der Waals surface area contributed by atoms with Crippen molar-refractivity contribution in [2.24, 2.45) is 0 Å². The number of likely N-dealkylation sites (N-methyl/N-ethyl adjacent to an activating group) is 1. The van der Waals surface area contributed by atoms with E-state index in [1.807, 2.05) is 13.1 Å². The monoisotopic (exact) mass is 401 g/mol. The summed E-state index contributed by atoms with van der Waals surface area (Å²) >= 11 is 0. The molecule has 1 aromatic heterocycles. The van der Waals surface area contributed by atoms with Crippen LogP contribution < -0.4 is 5.32 Å². The lowest BCUT2D eigenvalue weighted by Crippen LogP contribution is -2.39. The Balaban J connectivity index is 1.62. The van der Waals surface area contributed by atoms with Gasteiger partial charge in [0, 0.05) is 51.1 Å². The number of hydrogen-bond acceptors (Lipinski definition) is 6. The highest BCUT2D eigenvalue weighted by atomic mass is 32.2. The van der Waals surface area contributed by atoms with E-state index < -0.39 is 10.0 Å². The average Bonchev–Trinajstić information content (AvgIpc) is 2.73. The van der Waals surface area contributed by atoms with Crippen molar-refractivity contribution >= 4 is 15.8 Å². The van der Waals surface area contributed by atoms with E-state index in [4.69, 9.17) is 9.97 Å². The summed E-state index contributed by atoms with van der Waals surface area (Å²) in [6, 6.07) is 8.66. The quantitative estimate of drug-likeness (QED) is 0.845. The Bertz CT molecular complexity index is 931. The molecule has 2 aromatic rings. The highest BCUT2D eigenvalue weighted by Crippen LogP contribution is 2.31. The van der Waals surface area contributed by atoms with Gasteiger partial charge in [-0.25, -0.2) is 18.4 Å². The number of aromatic nitrogens is 2. The molecule has 0 spiro atoms. The summed E-state index contributed by atoms with van der Waals surface area (Å²) in [6.45, 7) is 2.79. The molecular formula is C20H27N5O2S. The molecule has 7 nitrogen and oxygen atoms in total. The van der Waals surface area contributed by atoms with Crippen molar-refractivity contribution in [2.45, 2.75) is 36.6 Å². The van der Waals surface area contributed by atoms with Gasteiger partial charge in [0.2, 0.25) is 10.0 Å². The summed E-state index contributed by atoms with van der Waals surface area (Å²) in [6.07, 6.45) is 2.62. The predicted molar refractivity (Wildman–Crippen MR) is 109 cm³/mol. The molecule has 3 heterocycles. The topological polar surface area (TPSA) is 78.4 Å². The maximum atomic E-state index is 13.0. The molecule has 0 amide bonds. The van der Waals surface area contributed by atoms with Crippen LogP contribution in [0.3, 0.4) is 0 Å². The van der Waals surface area contributed by atoms with Gasteiger partial charge >= 0.3 is 0 Å². The lowest BCUT2D eigenvalue weighted by molar-refractivity contribution is 0.300. The van der Waals surface area contributed by atoms with Crippen LogP contribution in [0.5, 0.6) is 0 Å². The SMILES string of the molecule is CNc1nc([C@H]2CCCN(S(=O)(=O)c3ccccc3)C2)nc2c1CN(C)CC2. The van der Waals surface area contributed by atoms with Crippen LogP contribution >= 0.6 is 0 Å². The standard InChI is InChI=1S/C20H27N5O2S/c1-21-20-17-14-24(2)12-10-18(17)22-19(23-20)15-7-6-11-25(13-15)28(26,27)16-8-4-3-5-9-16/h3-5,8-9,15H,6-7,10-14H2,1-2H3,(H,21,22,23)/t15-/m0/s1. The zero-order chi connectivity index (χ0) is 19.7. The van der Waals surface area contributed by atoms with E-state index in [1.165, 1.54) is 0 Å². The van der Waals surface area contributed by atoms with E-state index in [-0.39, 0.29) is 5.92 Å². The Morgan fingerprint density at radius 1 is 1.14 bits per heavy atom. The van der Waals surface area contributed by atoms with Crippen molar-refractivity contribution in [1.82, 2.24) is 19.2 Å². The maximum Gasteiger partial charge on any atom is 0.243 e. The molecule has 4 rings (SSSR count). The number of nitrogens with zero attached hydrogens (tertiary/aromatic N) is 4. The normalized spacial score (nSPS) is 21.3. The van der Waals surface area contributed by atoms with E-state index in [2.05, 4.69) is 17.3 Å². The molecule has 1 fully saturated rings. The van der Waals surface area contributed by atoms with Crippen molar-refractivity contribution in [3.05, 3.63) is 47.4 Å². The first-order valence-electron chi connectivity index (χ1n) is 9.80. The summed E-state index contributed by atoms with van der Waals surface area (Å²) in [5.41, 5.74) is 2.25. The lowest BCUT2D eigenvalue weighted by Gasteiger charge is -2.32. The average molecular weight is 402 g/mol. The van der Waals surface area contributed by atoms with Gasteiger partial charge in [-0.2, -0.15) is 4.31 Å². The third kappa shape index (κ3) is 3.64. The third-order valence-electron chi connectivity index (χ3n) is 5.64. The van der Waals surface area contributed by atoms with Crippen LogP contribution in [-0.4, -0.2) is 61.3 Å². The number of benzene rings is 1. The zero-order valence-corrected chi connectivity index (χ0v) is 17.2. The molecule has 150 valence electrons. The van der Waals surface area contributed by atoms with Crippen LogP contribution in [0.2, 0.25) is 0 Å². The predicted octanol–water partition coefficient (Wildman–Crippen LogP) is 2.07. The van der Waals surface area contributed by atoms with Crippen LogP contribution in [0.25, 0.3) is 0 Å². The van der Waals surface area contributed by atoms with E-state index in [0.29, 0.717) is 18.0 Å². The van der Waals surface area contributed by atoms with Crippen molar-refractivity contribution in [3.8, 4) is 0 Å². The van der Waals surface area contributed by atoms with Crippen molar-refractivity contribution in [3.63, 3.8) is 0 Å². The van der Waals surface area contributed by atoms with E-state index in [1.54, 1.807) is 28.6 Å². The fourth-order valence-corrected chi connectivity index (χ4v) is 5.62. The molecule has 1 aromatic carbocycles. The van der Waals surface area contributed by atoms with Gasteiger partial charge in [-0.15, -0.1) is 0 Å². The van der Waals surface area contributed by atoms with Crippen LogP contribution in [0, 0.1) is 0 Å². The second-order valence-corrected chi connectivity index (χ2v) is 9.55. The lowest BCUT2D eigenvalue weighted by atomic mass is 9.97. The number of nitrogens with one attached hydrogen (secondary N) is 1. The molecule has 8 heteroatoms. The molecule has 0 aliphatic carbocycles. The number of hydrogen-bond donors (Lipinski definition) is 1. The fraction of sp³-hybridized carbons (Fsp3) is 0.500. The Kier molecular flexibility index (Phi) is 5.35. The van der Waals surface area contributed by atoms with Gasteiger partial charge in [0.25, 0.3) is 0 Å².